The third kappa shape index (κ3) is 10.6. The third-order valence-corrected chi connectivity index (χ3v) is 7.95. The van der Waals surface area contributed by atoms with Crippen molar-refractivity contribution in [2.24, 2.45) is 11.3 Å². The van der Waals surface area contributed by atoms with Crippen LogP contribution in [0.5, 0.6) is 0 Å². The Kier molecular flexibility index (Phi) is 12.4. The molecule has 1 aromatic carbocycles. The second-order valence-electron chi connectivity index (χ2n) is 12.8. The molecule has 2 rings (SSSR count). The average Bonchev–Trinajstić information content (AvgIpc) is 2.86. The van der Waals surface area contributed by atoms with Crippen molar-refractivity contribution in [3.05, 3.63) is 35.9 Å². The fraction of sp³-hybridized carbons (Fsp3) is 0.710. The van der Waals surface area contributed by atoms with Crippen molar-refractivity contribution in [2.45, 2.75) is 117 Å². The maximum Gasteiger partial charge on any atom is 0.309 e. The van der Waals surface area contributed by atoms with Crippen molar-refractivity contribution < 1.29 is 24.6 Å². The molecule has 0 unspecified atom stereocenters. The number of carbonyl (C=O) groups excluding carboxylic acids is 2. The lowest BCUT2D eigenvalue weighted by molar-refractivity contribution is -0.153. The molecule has 1 aliphatic heterocycles. The highest BCUT2D eigenvalue weighted by Crippen LogP contribution is 2.27. The highest BCUT2D eigenvalue weighted by atomic mass is 16.4. The summed E-state index contributed by atoms with van der Waals surface area (Å²) in [5.74, 6) is -2.30. The summed E-state index contributed by atoms with van der Waals surface area (Å²) < 4.78 is 0. The quantitative estimate of drug-likeness (QED) is 0.351. The van der Waals surface area contributed by atoms with E-state index in [1.54, 1.807) is 6.92 Å². The van der Waals surface area contributed by atoms with E-state index in [9.17, 15) is 24.6 Å². The van der Waals surface area contributed by atoms with E-state index in [4.69, 9.17) is 0 Å². The SMILES string of the molecule is C[C@@H](C(=O)N[C@@H](Cc1ccccc1)[C@H](O)CN1CCCCCCCC[C@H]1C(=O)NC(C)(C)C)C(C)(C)C(=O)O. The van der Waals surface area contributed by atoms with Crippen molar-refractivity contribution in [1.82, 2.24) is 15.5 Å². The van der Waals surface area contributed by atoms with E-state index in [2.05, 4.69) is 15.5 Å². The van der Waals surface area contributed by atoms with Crippen LogP contribution in [0.1, 0.15) is 92.1 Å². The van der Waals surface area contributed by atoms with Gasteiger partial charge in [0.1, 0.15) is 0 Å². The van der Waals surface area contributed by atoms with Crippen molar-refractivity contribution in [1.29, 1.82) is 0 Å². The van der Waals surface area contributed by atoms with Gasteiger partial charge >= 0.3 is 5.97 Å². The molecule has 0 radical (unpaired) electrons. The second-order valence-corrected chi connectivity index (χ2v) is 12.8. The van der Waals surface area contributed by atoms with Crippen molar-refractivity contribution >= 4 is 17.8 Å². The summed E-state index contributed by atoms with van der Waals surface area (Å²) in [5, 5.41) is 27.3. The standard InChI is InChI=1S/C31H51N3O5/c1-22(31(5,6)29(38)39)27(36)32-24(20-23-16-12-11-13-17-23)26(35)21-34-19-15-10-8-7-9-14-18-25(34)28(37)33-30(2,3)4/h11-13,16-17,22,24-26,35H,7-10,14-15,18-21H2,1-6H3,(H,32,36)(H,33,37)(H,38,39)/t22-,24-,25-,26+/m0/s1. The summed E-state index contributed by atoms with van der Waals surface area (Å²) in [6.07, 6.45) is 6.53. The van der Waals surface area contributed by atoms with Gasteiger partial charge in [-0.25, -0.2) is 0 Å². The van der Waals surface area contributed by atoms with Crippen molar-refractivity contribution in [3.63, 3.8) is 0 Å². The Labute approximate surface area is 234 Å². The van der Waals surface area contributed by atoms with Gasteiger partial charge in [0.2, 0.25) is 11.8 Å². The topological polar surface area (TPSA) is 119 Å². The van der Waals surface area contributed by atoms with Crippen molar-refractivity contribution in [3.8, 4) is 0 Å². The first-order valence-corrected chi connectivity index (χ1v) is 14.5. The predicted octanol–water partition coefficient (Wildman–Crippen LogP) is 4.15. The minimum atomic E-state index is -1.26. The number of aliphatic carboxylic acids is 1. The van der Waals surface area contributed by atoms with Crippen molar-refractivity contribution in [2.75, 3.05) is 13.1 Å². The molecule has 2 amide bonds. The lowest BCUT2D eigenvalue weighted by Crippen LogP contribution is -2.57. The van der Waals surface area contributed by atoms with Gasteiger partial charge in [-0.15, -0.1) is 0 Å². The van der Waals surface area contributed by atoms with E-state index in [1.165, 1.54) is 26.7 Å². The number of aliphatic hydroxyl groups excluding tert-OH is 1. The van der Waals surface area contributed by atoms with Gasteiger partial charge in [-0.05, 0) is 66.0 Å². The van der Waals surface area contributed by atoms with Crippen LogP contribution in [0.15, 0.2) is 30.3 Å². The molecule has 1 saturated heterocycles. The fourth-order valence-corrected chi connectivity index (χ4v) is 5.01. The third-order valence-electron chi connectivity index (χ3n) is 7.95. The van der Waals surface area contributed by atoms with E-state index >= 15 is 0 Å². The van der Waals surface area contributed by atoms with E-state index in [1.807, 2.05) is 51.1 Å². The number of carboxylic acid groups (broad SMARTS) is 1. The molecule has 4 atom stereocenters. The highest BCUT2D eigenvalue weighted by Gasteiger charge is 2.40. The van der Waals surface area contributed by atoms with Gasteiger partial charge in [-0.2, -0.15) is 0 Å². The van der Waals surface area contributed by atoms with Gasteiger partial charge in [-0.1, -0.05) is 69.4 Å². The minimum Gasteiger partial charge on any atom is -0.481 e. The number of rotatable bonds is 10. The molecule has 0 aliphatic carbocycles. The van der Waals surface area contributed by atoms with Crippen LogP contribution in [-0.2, 0) is 20.8 Å². The normalized spacial score (nSPS) is 20.3. The molecule has 0 saturated carbocycles. The molecule has 8 heteroatoms. The summed E-state index contributed by atoms with van der Waals surface area (Å²) in [4.78, 5) is 40.5. The molecule has 1 aliphatic rings. The van der Waals surface area contributed by atoms with Crippen LogP contribution in [0.4, 0.5) is 0 Å². The summed E-state index contributed by atoms with van der Waals surface area (Å²) >= 11 is 0. The number of amides is 2. The molecular formula is C31H51N3O5. The monoisotopic (exact) mass is 545 g/mol. The Morgan fingerprint density at radius 2 is 1.56 bits per heavy atom. The Bertz CT molecular complexity index is 928. The summed E-state index contributed by atoms with van der Waals surface area (Å²) in [5.41, 5.74) is -0.675. The van der Waals surface area contributed by atoms with Crippen LogP contribution in [0.3, 0.4) is 0 Å². The Morgan fingerprint density at radius 3 is 2.15 bits per heavy atom. The van der Waals surface area contributed by atoms with Gasteiger partial charge in [0, 0.05) is 12.1 Å². The van der Waals surface area contributed by atoms with Gasteiger partial charge in [0.05, 0.1) is 29.5 Å². The molecule has 0 bridgehead atoms. The first-order chi connectivity index (χ1) is 18.2. The Hall–Kier alpha value is -2.45. The maximum atomic E-state index is 13.4. The van der Waals surface area contributed by atoms with E-state index < -0.39 is 35.4 Å². The largest absolute Gasteiger partial charge is 0.481 e. The minimum absolute atomic E-state index is 0.0317. The smallest absolute Gasteiger partial charge is 0.309 e. The Balaban J connectivity index is 2.31. The Morgan fingerprint density at radius 1 is 0.974 bits per heavy atom. The number of carboxylic acids is 1. The molecule has 8 nitrogen and oxygen atoms in total. The molecular weight excluding hydrogens is 494 g/mol. The van der Waals surface area contributed by atoms with Crippen LogP contribution < -0.4 is 10.6 Å². The number of nitrogens with zero attached hydrogens (tertiary/aromatic N) is 1. The molecule has 1 heterocycles. The highest BCUT2D eigenvalue weighted by molar-refractivity contribution is 5.86. The molecule has 220 valence electrons. The van der Waals surface area contributed by atoms with Crippen LogP contribution in [0.25, 0.3) is 0 Å². The molecule has 0 aromatic heterocycles. The molecule has 39 heavy (non-hydrogen) atoms. The number of hydrogen-bond acceptors (Lipinski definition) is 5. The van der Waals surface area contributed by atoms with E-state index in [-0.39, 0.29) is 24.0 Å². The van der Waals surface area contributed by atoms with Gasteiger partial charge in [0.25, 0.3) is 0 Å². The first kappa shape index (κ1) is 32.8. The zero-order valence-electron chi connectivity index (χ0n) is 24.8. The zero-order valence-corrected chi connectivity index (χ0v) is 24.8. The second kappa shape index (κ2) is 14.8. The van der Waals surface area contributed by atoms with Crippen LogP contribution in [-0.4, -0.2) is 69.7 Å². The number of aliphatic hydroxyl groups is 1. The summed E-state index contributed by atoms with van der Waals surface area (Å²) in [6.45, 7) is 11.5. The summed E-state index contributed by atoms with van der Waals surface area (Å²) in [6, 6.07) is 8.61. The number of β-amino-alcohol motifs (C(OH)–C–C–N with tert-alkyl or cyclic N) is 1. The molecule has 1 aromatic rings. The van der Waals surface area contributed by atoms with E-state index in [0.717, 1.165) is 31.2 Å². The predicted molar refractivity (Wildman–Crippen MR) is 154 cm³/mol. The van der Waals surface area contributed by atoms with E-state index in [0.29, 0.717) is 19.4 Å². The number of carbonyl (C=O) groups is 3. The number of hydrogen-bond donors (Lipinski definition) is 4. The van der Waals surface area contributed by atoms with Crippen LogP contribution in [0, 0.1) is 11.3 Å². The zero-order chi connectivity index (χ0) is 29.2. The molecule has 0 spiro atoms. The lowest BCUT2D eigenvalue weighted by Gasteiger charge is -2.37. The van der Waals surface area contributed by atoms with Gasteiger partial charge in [0.15, 0.2) is 0 Å². The molecule has 1 fully saturated rings. The lowest BCUT2D eigenvalue weighted by atomic mass is 9.79. The molecule has 4 N–H and O–H groups in total. The van der Waals surface area contributed by atoms with Gasteiger partial charge < -0.3 is 20.8 Å². The van der Waals surface area contributed by atoms with Crippen LogP contribution >= 0.6 is 0 Å². The van der Waals surface area contributed by atoms with Crippen LogP contribution in [0.2, 0.25) is 0 Å². The summed E-state index contributed by atoms with van der Waals surface area (Å²) in [7, 11) is 0. The first-order valence-electron chi connectivity index (χ1n) is 14.5. The number of benzene rings is 1. The fourth-order valence-electron chi connectivity index (χ4n) is 5.01. The average molecular weight is 546 g/mol. The van der Waals surface area contributed by atoms with Gasteiger partial charge in [-0.3, -0.25) is 19.3 Å². The number of nitrogens with one attached hydrogen (secondary N) is 2. The maximum absolute atomic E-state index is 13.4.